The highest BCUT2D eigenvalue weighted by molar-refractivity contribution is 5.83. The van der Waals surface area contributed by atoms with Crippen LogP contribution in [0.15, 0.2) is 0 Å². The van der Waals surface area contributed by atoms with Crippen molar-refractivity contribution in [2.45, 2.75) is 72.8 Å². The van der Waals surface area contributed by atoms with Gasteiger partial charge in [0.15, 0.2) is 0 Å². The van der Waals surface area contributed by atoms with Crippen LogP contribution in [0.4, 0.5) is 0 Å². The molecule has 0 aliphatic carbocycles. The molecule has 0 bridgehead atoms. The van der Waals surface area contributed by atoms with E-state index < -0.39 is 0 Å². The lowest BCUT2D eigenvalue weighted by Crippen LogP contribution is -2.46. The van der Waals surface area contributed by atoms with E-state index >= 15 is 0 Å². The predicted octanol–water partition coefficient (Wildman–Crippen LogP) is 3.89. The SMILES string of the molecule is CC(C)(C)C(=O)CCC1CCN(C(C)(C)C)CC1. The molecule has 0 spiro atoms. The third-order valence-electron chi connectivity index (χ3n) is 4.18. The van der Waals surface area contributed by atoms with E-state index in [0.29, 0.717) is 11.3 Å². The number of piperidine rings is 1. The second-order valence-electron chi connectivity index (χ2n) is 7.81. The Bertz CT molecular complexity index is 274. The zero-order valence-corrected chi connectivity index (χ0v) is 13.2. The molecule has 0 radical (unpaired) electrons. The molecule has 1 aliphatic heterocycles. The Balaban J connectivity index is 2.31. The Kier molecular flexibility index (Phi) is 4.99. The van der Waals surface area contributed by atoms with Crippen LogP contribution in [0.2, 0.25) is 0 Å². The van der Waals surface area contributed by atoms with Crippen LogP contribution in [0.1, 0.15) is 67.2 Å². The van der Waals surface area contributed by atoms with Crippen LogP contribution in [0.25, 0.3) is 0 Å². The summed E-state index contributed by atoms with van der Waals surface area (Å²) in [5.74, 6) is 1.18. The molecule has 0 atom stereocenters. The number of likely N-dealkylation sites (tertiary alicyclic amines) is 1. The van der Waals surface area contributed by atoms with Crippen LogP contribution in [-0.2, 0) is 4.79 Å². The molecule has 1 aliphatic rings. The van der Waals surface area contributed by atoms with Crippen molar-refractivity contribution in [3.8, 4) is 0 Å². The number of ketones is 1. The summed E-state index contributed by atoms with van der Waals surface area (Å²) >= 11 is 0. The number of Topliss-reactive ketones (excluding diaryl/α,β-unsaturated/α-hetero) is 1. The lowest BCUT2D eigenvalue weighted by atomic mass is 9.83. The number of hydrogen-bond acceptors (Lipinski definition) is 2. The minimum Gasteiger partial charge on any atom is -0.299 e. The molecule has 1 heterocycles. The van der Waals surface area contributed by atoms with Gasteiger partial charge >= 0.3 is 0 Å². The van der Waals surface area contributed by atoms with Crippen LogP contribution >= 0.6 is 0 Å². The van der Waals surface area contributed by atoms with Crippen LogP contribution < -0.4 is 0 Å². The summed E-state index contributed by atoms with van der Waals surface area (Å²) in [5, 5.41) is 0. The van der Waals surface area contributed by atoms with Crippen LogP contribution in [-0.4, -0.2) is 29.3 Å². The van der Waals surface area contributed by atoms with Gasteiger partial charge in [-0.15, -0.1) is 0 Å². The zero-order chi connectivity index (χ0) is 14.0. The van der Waals surface area contributed by atoms with E-state index in [0.717, 1.165) is 18.8 Å². The standard InChI is InChI=1S/C16H31NO/c1-15(2,3)14(18)8-7-13-9-11-17(12-10-13)16(4,5)6/h13H,7-12H2,1-6H3. The summed E-state index contributed by atoms with van der Waals surface area (Å²) in [6.45, 7) is 15.3. The van der Waals surface area contributed by atoms with E-state index in [1.54, 1.807) is 0 Å². The van der Waals surface area contributed by atoms with Gasteiger partial charge in [-0.2, -0.15) is 0 Å². The molecule has 0 aromatic rings. The Hall–Kier alpha value is -0.370. The van der Waals surface area contributed by atoms with E-state index in [4.69, 9.17) is 0 Å². The molecule has 0 aromatic carbocycles. The fourth-order valence-corrected chi connectivity index (χ4v) is 2.60. The van der Waals surface area contributed by atoms with Gasteiger partial charge in [0.1, 0.15) is 5.78 Å². The maximum Gasteiger partial charge on any atom is 0.138 e. The van der Waals surface area contributed by atoms with Gasteiger partial charge in [0, 0.05) is 17.4 Å². The molecule has 18 heavy (non-hydrogen) atoms. The minimum atomic E-state index is -0.161. The third kappa shape index (κ3) is 4.72. The molecule has 1 saturated heterocycles. The number of hydrogen-bond donors (Lipinski definition) is 0. The third-order valence-corrected chi connectivity index (χ3v) is 4.18. The summed E-state index contributed by atoms with van der Waals surface area (Å²) in [6.07, 6.45) is 4.38. The Morgan fingerprint density at radius 1 is 1.06 bits per heavy atom. The highest BCUT2D eigenvalue weighted by Gasteiger charge is 2.28. The van der Waals surface area contributed by atoms with E-state index in [2.05, 4.69) is 25.7 Å². The van der Waals surface area contributed by atoms with Crippen molar-refractivity contribution in [1.29, 1.82) is 0 Å². The molecule has 0 aromatic heterocycles. The van der Waals surface area contributed by atoms with Gasteiger partial charge < -0.3 is 0 Å². The lowest BCUT2D eigenvalue weighted by Gasteiger charge is -2.41. The molecule has 2 heteroatoms. The number of nitrogens with zero attached hydrogens (tertiary/aromatic N) is 1. The van der Waals surface area contributed by atoms with Crippen molar-refractivity contribution in [3.63, 3.8) is 0 Å². The largest absolute Gasteiger partial charge is 0.299 e. The zero-order valence-electron chi connectivity index (χ0n) is 13.2. The second kappa shape index (κ2) is 5.73. The monoisotopic (exact) mass is 253 g/mol. The first-order valence-corrected chi connectivity index (χ1v) is 7.39. The summed E-state index contributed by atoms with van der Waals surface area (Å²) in [7, 11) is 0. The highest BCUT2D eigenvalue weighted by atomic mass is 16.1. The van der Waals surface area contributed by atoms with Crippen LogP contribution in [0, 0.1) is 11.3 Å². The lowest BCUT2D eigenvalue weighted by molar-refractivity contribution is -0.126. The van der Waals surface area contributed by atoms with Gasteiger partial charge in [-0.25, -0.2) is 0 Å². The van der Waals surface area contributed by atoms with E-state index in [9.17, 15) is 4.79 Å². The van der Waals surface area contributed by atoms with Crippen molar-refractivity contribution < 1.29 is 4.79 Å². The van der Waals surface area contributed by atoms with Crippen molar-refractivity contribution >= 4 is 5.78 Å². The number of rotatable bonds is 3. The summed E-state index contributed by atoms with van der Waals surface area (Å²) in [5.41, 5.74) is 0.137. The topological polar surface area (TPSA) is 20.3 Å². The Morgan fingerprint density at radius 3 is 1.94 bits per heavy atom. The normalized spacial score (nSPS) is 20.1. The van der Waals surface area contributed by atoms with Gasteiger partial charge in [0.05, 0.1) is 0 Å². The maximum atomic E-state index is 11.9. The fraction of sp³-hybridized carbons (Fsp3) is 0.938. The van der Waals surface area contributed by atoms with Gasteiger partial charge in [-0.1, -0.05) is 20.8 Å². The first kappa shape index (κ1) is 15.7. The summed E-state index contributed by atoms with van der Waals surface area (Å²) < 4.78 is 0. The molecule has 0 N–H and O–H groups in total. The van der Waals surface area contributed by atoms with Gasteiger partial charge in [0.25, 0.3) is 0 Å². The Labute approximate surface area is 113 Å². The maximum absolute atomic E-state index is 11.9. The fourth-order valence-electron chi connectivity index (χ4n) is 2.60. The number of carbonyl (C=O) groups excluding carboxylic acids is 1. The van der Waals surface area contributed by atoms with E-state index in [1.807, 2.05) is 20.8 Å². The quantitative estimate of drug-likeness (QED) is 0.760. The molecule has 2 nitrogen and oxygen atoms in total. The van der Waals surface area contributed by atoms with Crippen LogP contribution in [0.3, 0.4) is 0 Å². The van der Waals surface area contributed by atoms with E-state index in [1.165, 1.54) is 25.9 Å². The van der Waals surface area contributed by atoms with Crippen molar-refractivity contribution in [2.75, 3.05) is 13.1 Å². The molecule has 0 saturated carbocycles. The average Bonchev–Trinajstić information content (AvgIpc) is 2.24. The molecule has 0 amide bonds. The van der Waals surface area contributed by atoms with Crippen LogP contribution in [0.5, 0.6) is 0 Å². The van der Waals surface area contributed by atoms with E-state index in [-0.39, 0.29) is 5.41 Å². The highest BCUT2D eigenvalue weighted by Crippen LogP contribution is 2.28. The van der Waals surface area contributed by atoms with Crippen molar-refractivity contribution in [1.82, 2.24) is 4.90 Å². The minimum absolute atomic E-state index is 0.161. The molecule has 1 fully saturated rings. The van der Waals surface area contributed by atoms with Gasteiger partial charge in [0.2, 0.25) is 0 Å². The first-order chi connectivity index (χ1) is 8.10. The van der Waals surface area contributed by atoms with Crippen molar-refractivity contribution in [2.24, 2.45) is 11.3 Å². The van der Waals surface area contributed by atoms with Gasteiger partial charge in [-0.3, -0.25) is 9.69 Å². The average molecular weight is 253 g/mol. The Morgan fingerprint density at radius 2 is 1.56 bits per heavy atom. The summed E-state index contributed by atoms with van der Waals surface area (Å²) in [6, 6.07) is 0. The molecule has 1 rings (SSSR count). The smallest absolute Gasteiger partial charge is 0.138 e. The summed E-state index contributed by atoms with van der Waals surface area (Å²) in [4.78, 5) is 14.5. The molecule has 106 valence electrons. The second-order valence-corrected chi connectivity index (χ2v) is 7.81. The molecular weight excluding hydrogens is 222 g/mol. The first-order valence-electron chi connectivity index (χ1n) is 7.39. The molecular formula is C16H31NO. The number of carbonyl (C=O) groups is 1. The van der Waals surface area contributed by atoms with Crippen molar-refractivity contribution in [3.05, 3.63) is 0 Å². The molecule has 0 unspecified atom stereocenters. The van der Waals surface area contributed by atoms with Gasteiger partial charge in [-0.05, 0) is 59.0 Å². The predicted molar refractivity (Wildman–Crippen MR) is 77.7 cm³/mol.